The fourth-order valence-electron chi connectivity index (χ4n) is 5.48. The number of hydrogen-bond donors (Lipinski definition) is 2. The molecule has 8 heteroatoms. The lowest BCUT2D eigenvalue weighted by molar-refractivity contribution is -0.117. The first-order chi connectivity index (χ1) is 17.5. The quantitative estimate of drug-likeness (QED) is 0.461. The van der Waals surface area contributed by atoms with Crippen LogP contribution in [0.3, 0.4) is 0 Å². The minimum atomic E-state index is -0.293. The van der Waals surface area contributed by atoms with Crippen molar-refractivity contribution >= 4 is 28.5 Å². The van der Waals surface area contributed by atoms with Crippen molar-refractivity contribution in [3.63, 3.8) is 0 Å². The zero-order valence-electron chi connectivity index (χ0n) is 20.7. The number of ether oxygens (including phenoxy) is 1. The molecular formula is C28H33FN4O3. The Balaban J connectivity index is 1.39. The van der Waals surface area contributed by atoms with E-state index in [1.54, 1.807) is 12.1 Å². The number of carbonyl (C=O) groups excluding carboxylic acids is 2. The molecular weight excluding hydrogens is 459 g/mol. The Morgan fingerprint density at radius 3 is 2.72 bits per heavy atom. The number of rotatable bonds is 8. The molecule has 2 amide bonds. The lowest BCUT2D eigenvalue weighted by Gasteiger charge is -2.13. The molecule has 2 N–H and O–H groups in total. The molecule has 1 aliphatic carbocycles. The molecule has 190 valence electrons. The average molecular weight is 493 g/mol. The summed E-state index contributed by atoms with van der Waals surface area (Å²) < 4.78 is 21.3. The van der Waals surface area contributed by atoms with Gasteiger partial charge in [-0.2, -0.15) is 0 Å². The van der Waals surface area contributed by atoms with Gasteiger partial charge in [0, 0.05) is 32.3 Å². The molecule has 5 rings (SSSR count). The zero-order valence-corrected chi connectivity index (χ0v) is 20.7. The van der Waals surface area contributed by atoms with Crippen LogP contribution in [0, 0.1) is 11.7 Å². The zero-order chi connectivity index (χ0) is 25.1. The molecule has 1 unspecified atom stereocenters. The second-order valence-corrected chi connectivity index (χ2v) is 9.96. The number of anilines is 1. The van der Waals surface area contributed by atoms with Crippen LogP contribution in [0.25, 0.3) is 11.0 Å². The second kappa shape index (κ2) is 10.8. The topological polar surface area (TPSA) is 85.2 Å². The molecule has 7 nitrogen and oxygen atoms in total. The number of amides is 2. The molecule has 3 aromatic rings. The van der Waals surface area contributed by atoms with E-state index in [1.807, 2.05) is 23.7 Å². The van der Waals surface area contributed by atoms with Crippen LogP contribution in [0.15, 0.2) is 36.4 Å². The maximum absolute atomic E-state index is 13.5. The second-order valence-electron chi connectivity index (χ2n) is 9.96. The van der Waals surface area contributed by atoms with Crippen molar-refractivity contribution in [1.82, 2.24) is 14.9 Å². The number of nitrogens with one attached hydrogen (secondary N) is 2. The van der Waals surface area contributed by atoms with Crippen LogP contribution in [0.5, 0.6) is 0 Å². The van der Waals surface area contributed by atoms with Crippen LogP contribution in [0.1, 0.15) is 72.8 Å². The van der Waals surface area contributed by atoms with E-state index in [0.29, 0.717) is 54.2 Å². The summed E-state index contributed by atoms with van der Waals surface area (Å²) in [4.78, 5) is 30.9. The maximum Gasteiger partial charge on any atom is 0.253 e. The highest BCUT2D eigenvalue weighted by Crippen LogP contribution is 2.33. The Morgan fingerprint density at radius 2 is 1.97 bits per heavy atom. The highest BCUT2D eigenvalue weighted by molar-refractivity contribution is 6.07. The third-order valence-corrected chi connectivity index (χ3v) is 7.29. The Kier molecular flexibility index (Phi) is 7.32. The number of carbonyl (C=O) groups is 2. The summed E-state index contributed by atoms with van der Waals surface area (Å²) in [6.07, 6.45) is 7.32. The largest absolute Gasteiger partial charge is 0.370 e. The molecule has 2 aromatic carbocycles. The van der Waals surface area contributed by atoms with E-state index in [4.69, 9.17) is 9.72 Å². The van der Waals surface area contributed by atoms with Gasteiger partial charge in [0.2, 0.25) is 5.91 Å². The first-order valence-corrected chi connectivity index (χ1v) is 12.9. The monoisotopic (exact) mass is 492 g/mol. The van der Waals surface area contributed by atoms with Gasteiger partial charge in [-0.25, -0.2) is 9.37 Å². The summed E-state index contributed by atoms with van der Waals surface area (Å²) in [5.74, 6) is 0.628. The van der Waals surface area contributed by atoms with Crippen molar-refractivity contribution in [2.75, 3.05) is 18.5 Å². The van der Waals surface area contributed by atoms with Gasteiger partial charge in [-0.05, 0) is 67.9 Å². The van der Waals surface area contributed by atoms with Crippen molar-refractivity contribution in [2.45, 2.75) is 57.5 Å². The highest BCUT2D eigenvalue weighted by atomic mass is 19.1. The lowest BCUT2D eigenvalue weighted by atomic mass is 10.0. The van der Waals surface area contributed by atoms with E-state index in [1.165, 1.54) is 25.0 Å². The fourth-order valence-corrected chi connectivity index (χ4v) is 5.48. The minimum absolute atomic E-state index is 0.0333. The summed E-state index contributed by atoms with van der Waals surface area (Å²) in [7, 11) is 1.90. The molecule has 2 fully saturated rings. The molecule has 1 aliphatic heterocycles. The minimum Gasteiger partial charge on any atom is -0.370 e. The van der Waals surface area contributed by atoms with Crippen molar-refractivity contribution < 1.29 is 18.7 Å². The van der Waals surface area contributed by atoms with Crippen molar-refractivity contribution in [2.24, 2.45) is 13.0 Å². The number of aryl methyl sites for hydroxylation is 1. The lowest BCUT2D eigenvalue weighted by Crippen LogP contribution is -2.26. The fraction of sp³-hybridized carbons (Fsp3) is 0.464. The number of halogens is 1. The Morgan fingerprint density at radius 1 is 1.14 bits per heavy atom. The molecule has 0 spiro atoms. The highest BCUT2D eigenvalue weighted by Gasteiger charge is 2.26. The van der Waals surface area contributed by atoms with E-state index in [9.17, 15) is 14.0 Å². The average Bonchev–Trinajstić information content (AvgIpc) is 3.61. The predicted octanol–water partition coefficient (Wildman–Crippen LogP) is 5.06. The Bertz CT molecular complexity index is 1260. The Hall–Kier alpha value is -3.26. The van der Waals surface area contributed by atoms with Crippen molar-refractivity contribution in [3.05, 3.63) is 59.2 Å². The first-order valence-electron chi connectivity index (χ1n) is 12.9. The van der Waals surface area contributed by atoms with E-state index in [2.05, 4.69) is 10.6 Å². The van der Waals surface area contributed by atoms with Gasteiger partial charge in [-0.3, -0.25) is 9.59 Å². The molecule has 1 saturated carbocycles. The maximum atomic E-state index is 13.5. The number of fused-ring (bicyclic) bond motifs is 1. The van der Waals surface area contributed by atoms with Crippen molar-refractivity contribution in [1.29, 1.82) is 0 Å². The number of nitrogens with zero attached hydrogens (tertiary/aromatic N) is 2. The van der Waals surface area contributed by atoms with E-state index >= 15 is 0 Å². The van der Waals surface area contributed by atoms with Crippen LogP contribution in [0.2, 0.25) is 0 Å². The van der Waals surface area contributed by atoms with Gasteiger partial charge < -0.3 is 19.9 Å². The van der Waals surface area contributed by atoms with E-state index < -0.39 is 0 Å². The van der Waals surface area contributed by atoms with Gasteiger partial charge in [0.25, 0.3) is 5.91 Å². The smallest absolute Gasteiger partial charge is 0.253 e. The number of aromatic nitrogens is 2. The van der Waals surface area contributed by atoms with Gasteiger partial charge in [-0.15, -0.1) is 0 Å². The summed E-state index contributed by atoms with van der Waals surface area (Å²) >= 11 is 0. The van der Waals surface area contributed by atoms with Crippen LogP contribution < -0.4 is 10.6 Å². The summed E-state index contributed by atoms with van der Waals surface area (Å²) in [6.45, 7) is 1.06. The van der Waals surface area contributed by atoms with E-state index in [-0.39, 0.29) is 23.7 Å². The van der Waals surface area contributed by atoms with Crippen LogP contribution in [-0.2, 0) is 23.0 Å². The molecule has 0 bridgehead atoms. The molecule has 2 heterocycles. The van der Waals surface area contributed by atoms with E-state index in [0.717, 1.165) is 37.1 Å². The molecule has 1 atom stereocenters. The number of benzene rings is 2. The van der Waals surface area contributed by atoms with Crippen LogP contribution >= 0.6 is 0 Å². The predicted molar refractivity (Wildman–Crippen MR) is 136 cm³/mol. The third kappa shape index (κ3) is 5.43. The van der Waals surface area contributed by atoms with Crippen LogP contribution in [-0.4, -0.2) is 34.5 Å². The van der Waals surface area contributed by atoms with Gasteiger partial charge in [0.1, 0.15) is 17.7 Å². The van der Waals surface area contributed by atoms with Gasteiger partial charge in [0.05, 0.1) is 16.6 Å². The Labute approximate surface area is 210 Å². The summed E-state index contributed by atoms with van der Waals surface area (Å²) in [5, 5.41) is 5.96. The normalized spacial score (nSPS) is 18.1. The molecule has 1 saturated heterocycles. The number of imidazole rings is 1. The van der Waals surface area contributed by atoms with Crippen molar-refractivity contribution in [3.8, 4) is 0 Å². The van der Waals surface area contributed by atoms with Gasteiger partial charge in [0.15, 0.2) is 0 Å². The molecule has 1 aromatic heterocycles. The summed E-state index contributed by atoms with van der Waals surface area (Å²) in [6, 6.07) is 9.94. The first kappa shape index (κ1) is 24.4. The van der Waals surface area contributed by atoms with Gasteiger partial charge in [-0.1, -0.05) is 25.0 Å². The summed E-state index contributed by atoms with van der Waals surface area (Å²) in [5.41, 5.74) is 3.18. The molecule has 0 radical (unpaired) electrons. The standard InChI is InChI=1S/C28H33FN4O3/c1-33-26-22(28(35)30-12-11-19-8-4-9-20(29)14-19)16-21(31-25(34)15-18-6-2-3-7-18)17-23(26)32-27(33)24-10-5-13-36-24/h4,8-9,14,16-18,24H,2-3,5-7,10-13,15H2,1H3,(H,30,35)(H,31,34). The molecule has 2 aliphatic rings. The third-order valence-electron chi connectivity index (χ3n) is 7.29. The van der Waals surface area contributed by atoms with Crippen LogP contribution in [0.4, 0.5) is 10.1 Å². The SMILES string of the molecule is Cn1c(C2CCCO2)nc2cc(NC(=O)CC3CCCC3)cc(C(=O)NCCc3cccc(F)c3)c21. The number of hydrogen-bond acceptors (Lipinski definition) is 4. The molecule has 36 heavy (non-hydrogen) atoms. The van der Waals surface area contributed by atoms with Gasteiger partial charge >= 0.3 is 0 Å².